The number of rotatable bonds is 4. The number of piperidine rings is 1. The van der Waals surface area contributed by atoms with Gasteiger partial charge in [-0.2, -0.15) is 0 Å². The molecule has 0 aromatic rings. The Morgan fingerprint density at radius 2 is 1.82 bits per heavy atom. The summed E-state index contributed by atoms with van der Waals surface area (Å²) >= 11 is 0. The topological polar surface area (TPSA) is 41.6 Å². The summed E-state index contributed by atoms with van der Waals surface area (Å²) in [6.07, 6.45) is 10.5. The molecular formula is C18H32N2O2. The number of carbonyl (C=O) groups is 1. The van der Waals surface area contributed by atoms with Crippen LogP contribution in [-0.2, 0) is 9.53 Å². The smallest absolute Gasteiger partial charge is 0.323 e. The summed E-state index contributed by atoms with van der Waals surface area (Å²) in [6.45, 7) is 4.47. The number of esters is 1. The van der Waals surface area contributed by atoms with E-state index >= 15 is 0 Å². The average Bonchev–Trinajstić information content (AvgIpc) is 3.00. The van der Waals surface area contributed by atoms with Gasteiger partial charge in [-0.3, -0.25) is 9.69 Å². The minimum Gasteiger partial charge on any atom is -0.468 e. The van der Waals surface area contributed by atoms with Gasteiger partial charge in [-0.15, -0.1) is 0 Å². The van der Waals surface area contributed by atoms with Gasteiger partial charge in [0.2, 0.25) is 0 Å². The highest BCUT2D eigenvalue weighted by atomic mass is 16.5. The first-order valence-electron chi connectivity index (χ1n) is 9.30. The van der Waals surface area contributed by atoms with E-state index in [0.29, 0.717) is 5.92 Å². The molecule has 1 aliphatic carbocycles. The Morgan fingerprint density at radius 3 is 2.50 bits per heavy atom. The van der Waals surface area contributed by atoms with Crippen LogP contribution in [0.25, 0.3) is 0 Å². The zero-order valence-corrected chi connectivity index (χ0v) is 14.1. The van der Waals surface area contributed by atoms with Crippen LogP contribution in [0.5, 0.6) is 0 Å². The van der Waals surface area contributed by atoms with Crippen molar-refractivity contribution in [1.82, 2.24) is 10.2 Å². The zero-order valence-electron chi connectivity index (χ0n) is 14.1. The SMILES string of the molecule is COC(=O)C1CC(C2CCCCC2)CN1CC1CCNCC1. The Labute approximate surface area is 135 Å². The third-order valence-corrected chi connectivity index (χ3v) is 6.18. The lowest BCUT2D eigenvalue weighted by Gasteiger charge is -2.30. The standard InChI is InChI=1S/C18H32N2O2/c1-22-18(21)17-11-16(15-5-3-2-4-6-15)13-20(17)12-14-7-9-19-10-8-14/h14-17,19H,2-13H2,1H3. The molecule has 2 atom stereocenters. The summed E-state index contributed by atoms with van der Waals surface area (Å²) in [5.74, 6) is 2.30. The van der Waals surface area contributed by atoms with Gasteiger partial charge in [-0.05, 0) is 50.1 Å². The first kappa shape index (κ1) is 16.3. The van der Waals surface area contributed by atoms with Crippen LogP contribution in [0.4, 0.5) is 0 Å². The van der Waals surface area contributed by atoms with Gasteiger partial charge in [0.1, 0.15) is 6.04 Å². The van der Waals surface area contributed by atoms with Gasteiger partial charge in [-0.1, -0.05) is 32.1 Å². The minimum absolute atomic E-state index is 0.00718. The van der Waals surface area contributed by atoms with E-state index in [-0.39, 0.29) is 12.0 Å². The van der Waals surface area contributed by atoms with Crippen LogP contribution in [0, 0.1) is 17.8 Å². The molecule has 0 radical (unpaired) electrons. The Balaban J connectivity index is 1.61. The number of methoxy groups -OCH3 is 1. The predicted molar refractivity (Wildman–Crippen MR) is 87.7 cm³/mol. The van der Waals surface area contributed by atoms with Crippen molar-refractivity contribution in [3.05, 3.63) is 0 Å². The third kappa shape index (κ3) is 3.83. The number of carbonyl (C=O) groups excluding carboxylic acids is 1. The second-order valence-corrected chi connectivity index (χ2v) is 7.58. The second-order valence-electron chi connectivity index (χ2n) is 7.58. The second kappa shape index (κ2) is 7.78. The molecule has 1 saturated carbocycles. The lowest BCUT2D eigenvalue weighted by molar-refractivity contribution is -0.146. The van der Waals surface area contributed by atoms with Crippen molar-refractivity contribution in [3.63, 3.8) is 0 Å². The zero-order chi connectivity index (χ0) is 15.4. The van der Waals surface area contributed by atoms with E-state index in [1.165, 1.54) is 44.9 Å². The summed E-state index contributed by atoms with van der Waals surface area (Å²) in [4.78, 5) is 14.7. The van der Waals surface area contributed by atoms with Crippen LogP contribution < -0.4 is 5.32 Å². The molecule has 0 aromatic carbocycles. The van der Waals surface area contributed by atoms with E-state index < -0.39 is 0 Å². The molecule has 0 spiro atoms. The van der Waals surface area contributed by atoms with Crippen molar-refractivity contribution in [2.24, 2.45) is 17.8 Å². The molecule has 0 aromatic heterocycles. The van der Waals surface area contributed by atoms with Crippen molar-refractivity contribution >= 4 is 5.97 Å². The largest absolute Gasteiger partial charge is 0.468 e. The number of ether oxygens (including phenoxy) is 1. The fourth-order valence-electron chi connectivity index (χ4n) is 4.86. The van der Waals surface area contributed by atoms with Gasteiger partial charge in [0, 0.05) is 13.1 Å². The van der Waals surface area contributed by atoms with Crippen LogP contribution >= 0.6 is 0 Å². The molecule has 2 heterocycles. The van der Waals surface area contributed by atoms with Crippen molar-refractivity contribution in [2.45, 2.75) is 57.4 Å². The molecule has 126 valence electrons. The highest BCUT2D eigenvalue weighted by Crippen LogP contribution is 2.38. The average molecular weight is 308 g/mol. The molecular weight excluding hydrogens is 276 g/mol. The van der Waals surface area contributed by atoms with Gasteiger partial charge in [0.25, 0.3) is 0 Å². The van der Waals surface area contributed by atoms with Crippen LogP contribution in [0.1, 0.15) is 51.4 Å². The lowest BCUT2D eigenvalue weighted by atomic mass is 9.79. The van der Waals surface area contributed by atoms with Crippen LogP contribution in [0.2, 0.25) is 0 Å². The maximum absolute atomic E-state index is 12.2. The summed E-state index contributed by atoms with van der Waals surface area (Å²) in [7, 11) is 1.54. The first-order valence-corrected chi connectivity index (χ1v) is 9.30. The normalized spacial score (nSPS) is 32.2. The molecule has 0 amide bonds. The van der Waals surface area contributed by atoms with E-state index in [2.05, 4.69) is 10.2 Å². The Hall–Kier alpha value is -0.610. The number of hydrogen-bond acceptors (Lipinski definition) is 4. The van der Waals surface area contributed by atoms with Crippen LogP contribution in [-0.4, -0.2) is 50.2 Å². The summed E-state index contributed by atoms with van der Waals surface area (Å²) < 4.78 is 5.10. The van der Waals surface area contributed by atoms with Crippen molar-refractivity contribution in [2.75, 3.05) is 33.3 Å². The van der Waals surface area contributed by atoms with E-state index in [4.69, 9.17) is 4.74 Å². The van der Waals surface area contributed by atoms with E-state index in [9.17, 15) is 4.79 Å². The van der Waals surface area contributed by atoms with Crippen LogP contribution in [0.3, 0.4) is 0 Å². The van der Waals surface area contributed by atoms with E-state index in [1.54, 1.807) is 7.11 Å². The van der Waals surface area contributed by atoms with Crippen molar-refractivity contribution < 1.29 is 9.53 Å². The Morgan fingerprint density at radius 1 is 1.09 bits per heavy atom. The number of nitrogens with one attached hydrogen (secondary N) is 1. The van der Waals surface area contributed by atoms with E-state index in [0.717, 1.165) is 44.4 Å². The Bertz CT molecular complexity index is 362. The fourth-order valence-corrected chi connectivity index (χ4v) is 4.86. The highest BCUT2D eigenvalue weighted by molar-refractivity contribution is 5.76. The summed E-state index contributed by atoms with van der Waals surface area (Å²) in [6, 6.07) is 0.0202. The first-order chi connectivity index (χ1) is 10.8. The number of nitrogens with zero attached hydrogens (tertiary/aromatic N) is 1. The Kier molecular flexibility index (Phi) is 5.75. The number of likely N-dealkylation sites (tertiary alicyclic amines) is 1. The van der Waals surface area contributed by atoms with Gasteiger partial charge >= 0.3 is 5.97 Å². The van der Waals surface area contributed by atoms with Gasteiger partial charge in [0.05, 0.1) is 7.11 Å². The lowest BCUT2D eigenvalue weighted by Crippen LogP contribution is -2.42. The molecule has 2 aliphatic heterocycles. The molecule has 3 aliphatic rings. The molecule has 2 saturated heterocycles. The quantitative estimate of drug-likeness (QED) is 0.810. The molecule has 3 rings (SSSR count). The van der Waals surface area contributed by atoms with Crippen molar-refractivity contribution in [1.29, 1.82) is 0 Å². The molecule has 3 fully saturated rings. The van der Waals surface area contributed by atoms with E-state index in [1.807, 2.05) is 0 Å². The molecule has 4 heteroatoms. The van der Waals surface area contributed by atoms with Gasteiger partial charge in [-0.25, -0.2) is 0 Å². The van der Waals surface area contributed by atoms with Crippen LogP contribution in [0.15, 0.2) is 0 Å². The predicted octanol–water partition coefficient (Wildman–Crippen LogP) is 2.43. The summed E-state index contributed by atoms with van der Waals surface area (Å²) in [5, 5.41) is 3.44. The minimum atomic E-state index is -0.00718. The number of hydrogen-bond donors (Lipinski definition) is 1. The maximum Gasteiger partial charge on any atom is 0.323 e. The molecule has 22 heavy (non-hydrogen) atoms. The molecule has 4 nitrogen and oxygen atoms in total. The molecule has 2 unspecified atom stereocenters. The molecule has 0 bridgehead atoms. The highest BCUT2D eigenvalue weighted by Gasteiger charge is 2.41. The van der Waals surface area contributed by atoms with Gasteiger partial charge < -0.3 is 10.1 Å². The summed E-state index contributed by atoms with van der Waals surface area (Å²) in [5.41, 5.74) is 0. The van der Waals surface area contributed by atoms with Crippen molar-refractivity contribution in [3.8, 4) is 0 Å². The molecule has 1 N–H and O–H groups in total. The maximum atomic E-state index is 12.2. The monoisotopic (exact) mass is 308 g/mol. The van der Waals surface area contributed by atoms with Gasteiger partial charge in [0.15, 0.2) is 0 Å². The fraction of sp³-hybridized carbons (Fsp3) is 0.944. The third-order valence-electron chi connectivity index (χ3n) is 6.18.